The predicted molar refractivity (Wildman–Crippen MR) is 136 cm³/mol. The number of sulfonamides is 1. The van der Waals surface area contributed by atoms with Crippen molar-refractivity contribution in [2.75, 3.05) is 12.3 Å². The number of nitrogens with zero attached hydrogens (tertiary/aromatic N) is 1. The van der Waals surface area contributed by atoms with Gasteiger partial charge in [0, 0.05) is 18.0 Å². The first-order chi connectivity index (χ1) is 16.2. The molecular formula is C24H23ClN4O5S. The van der Waals surface area contributed by atoms with Gasteiger partial charge in [0.2, 0.25) is 15.9 Å². The lowest BCUT2D eigenvalue weighted by atomic mass is 10.0. The molecule has 4 rings (SSSR count). The van der Waals surface area contributed by atoms with Crippen LogP contribution < -0.4 is 15.8 Å². The lowest BCUT2D eigenvalue weighted by Gasteiger charge is -2.16. The first-order valence-electron chi connectivity index (χ1n) is 10.4. The monoisotopic (exact) mass is 514 g/mol. The molecule has 0 aliphatic heterocycles. The van der Waals surface area contributed by atoms with Gasteiger partial charge in [-0.25, -0.2) is 22.9 Å². The van der Waals surface area contributed by atoms with E-state index in [2.05, 4.69) is 15.0 Å². The maximum absolute atomic E-state index is 12.6. The number of pyridine rings is 1. The standard InChI is InChI=1S/C24H22N4O5S.ClH/c25-23-20-8-5-15(11-18(20)9-10-26-23)12-21(24(30)31)28-22(29)14-27-34(32,33)19-7-6-16-3-1-2-4-17(16)13-19;/h1-11,13,21,27H,12,14H2,(H2,25,26)(H,28,29)(H,30,31);1H. The van der Waals surface area contributed by atoms with Gasteiger partial charge >= 0.3 is 5.97 Å². The van der Waals surface area contributed by atoms with Crippen molar-refractivity contribution in [3.05, 3.63) is 78.5 Å². The molecule has 4 aromatic rings. The van der Waals surface area contributed by atoms with Crippen LogP contribution in [-0.4, -0.2) is 43.0 Å². The fourth-order valence-corrected chi connectivity index (χ4v) is 4.65. The number of rotatable bonds is 8. The number of nitrogens with one attached hydrogen (secondary N) is 2. The van der Waals surface area contributed by atoms with Crippen molar-refractivity contribution in [3.8, 4) is 0 Å². The number of nitrogen functional groups attached to an aromatic ring is 1. The number of aromatic nitrogens is 1. The van der Waals surface area contributed by atoms with Crippen molar-refractivity contribution in [1.29, 1.82) is 0 Å². The molecule has 0 aliphatic rings. The average molecular weight is 515 g/mol. The Balaban J connectivity index is 0.00000342. The van der Waals surface area contributed by atoms with Crippen LogP contribution in [0.1, 0.15) is 5.56 Å². The molecule has 3 aromatic carbocycles. The number of carbonyl (C=O) groups excluding carboxylic acids is 1. The van der Waals surface area contributed by atoms with E-state index in [0.29, 0.717) is 11.4 Å². The van der Waals surface area contributed by atoms with Crippen molar-refractivity contribution < 1.29 is 23.1 Å². The van der Waals surface area contributed by atoms with Crippen molar-refractivity contribution in [3.63, 3.8) is 0 Å². The zero-order valence-electron chi connectivity index (χ0n) is 18.3. The molecule has 1 amide bonds. The summed E-state index contributed by atoms with van der Waals surface area (Å²) in [6, 6.07) is 17.7. The first-order valence-corrected chi connectivity index (χ1v) is 11.8. The number of halogens is 1. The minimum atomic E-state index is -3.97. The Morgan fingerprint density at radius 2 is 1.71 bits per heavy atom. The molecule has 11 heteroatoms. The second-order valence-corrected chi connectivity index (χ2v) is 9.51. The Labute approximate surface area is 207 Å². The van der Waals surface area contributed by atoms with Gasteiger partial charge in [-0.15, -0.1) is 12.4 Å². The van der Waals surface area contributed by atoms with Gasteiger partial charge in [-0.3, -0.25) is 4.79 Å². The number of amides is 1. The minimum Gasteiger partial charge on any atom is -0.480 e. The van der Waals surface area contributed by atoms with Crippen LogP contribution in [0.5, 0.6) is 0 Å². The molecular weight excluding hydrogens is 492 g/mol. The summed E-state index contributed by atoms with van der Waals surface area (Å²) >= 11 is 0. The summed E-state index contributed by atoms with van der Waals surface area (Å²) in [6.45, 7) is -0.598. The quantitative estimate of drug-likeness (QED) is 0.282. The van der Waals surface area contributed by atoms with Crippen LogP contribution >= 0.6 is 12.4 Å². The zero-order valence-corrected chi connectivity index (χ0v) is 20.0. The number of aliphatic carboxylic acids is 1. The van der Waals surface area contributed by atoms with E-state index in [4.69, 9.17) is 5.73 Å². The molecule has 0 aliphatic carbocycles. The number of anilines is 1. The van der Waals surface area contributed by atoms with E-state index in [0.717, 1.165) is 21.5 Å². The summed E-state index contributed by atoms with van der Waals surface area (Å²) in [4.78, 5) is 28.1. The summed E-state index contributed by atoms with van der Waals surface area (Å²) in [5.41, 5.74) is 6.51. The van der Waals surface area contributed by atoms with Crippen LogP contribution in [-0.2, 0) is 26.0 Å². The third kappa shape index (κ3) is 6.04. The Morgan fingerprint density at radius 3 is 2.46 bits per heavy atom. The number of carboxylic acids is 1. The summed E-state index contributed by atoms with van der Waals surface area (Å²) in [7, 11) is -3.97. The Hall–Kier alpha value is -3.73. The molecule has 0 radical (unpaired) electrons. The van der Waals surface area contributed by atoms with E-state index in [1.807, 2.05) is 12.1 Å². The fraction of sp³-hybridized carbons (Fsp3) is 0.125. The van der Waals surface area contributed by atoms with Gasteiger partial charge in [0.05, 0.1) is 11.4 Å². The molecule has 35 heavy (non-hydrogen) atoms. The van der Waals surface area contributed by atoms with Crippen LogP contribution in [0.4, 0.5) is 5.82 Å². The number of carbonyl (C=O) groups is 2. The summed E-state index contributed by atoms with van der Waals surface area (Å²) in [5, 5.41) is 15.1. The van der Waals surface area contributed by atoms with E-state index in [1.165, 1.54) is 12.1 Å². The molecule has 0 saturated carbocycles. The molecule has 182 valence electrons. The smallest absolute Gasteiger partial charge is 0.326 e. The van der Waals surface area contributed by atoms with E-state index in [-0.39, 0.29) is 23.7 Å². The van der Waals surface area contributed by atoms with Gasteiger partial charge in [-0.1, -0.05) is 48.5 Å². The van der Waals surface area contributed by atoms with Crippen molar-refractivity contribution in [2.24, 2.45) is 0 Å². The van der Waals surface area contributed by atoms with Crippen molar-refractivity contribution in [2.45, 2.75) is 17.4 Å². The van der Waals surface area contributed by atoms with Gasteiger partial charge in [0.25, 0.3) is 0 Å². The molecule has 1 heterocycles. The zero-order chi connectivity index (χ0) is 24.3. The first kappa shape index (κ1) is 25.9. The van der Waals surface area contributed by atoms with Gasteiger partial charge in [0.15, 0.2) is 0 Å². The molecule has 0 saturated heterocycles. The molecule has 1 atom stereocenters. The van der Waals surface area contributed by atoms with E-state index in [9.17, 15) is 23.1 Å². The minimum absolute atomic E-state index is 0. The molecule has 0 spiro atoms. The SMILES string of the molecule is Cl.Nc1nccc2cc(CC(NC(=O)CNS(=O)(=O)c3ccc4ccccc4c3)C(=O)O)ccc12. The molecule has 0 bridgehead atoms. The highest BCUT2D eigenvalue weighted by Crippen LogP contribution is 2.21. The highest BCUT2D eigenvalue weighted by atomic mass is 35.5. The number of hydrogen-bond donors (Lipinski definition) is 4. The number of nitrogens with two attached hydrogens (primary N) is 1. The van der Waals surface area contributed by atoms with Gasteiger partial charge in [0.1, 0.15) is 11.9 Å². The lowest BCUT2D eigenvalue weighted by molar-refractivity contribution is -0.141. The predicted octanol–water partition coefficient (Wildman–Crippen LogP) is 2.48. The second kappa shape index (κ2) is 10.7. The van der Waals surface area contributed by atoms with Gasteiger partial charge in [-0.2, -0.15) is 0 Å². The van der Waals surface area contributed by atoms with Crippen LogP contribution in [0.3, 0.4) is 0 Å². The summed E-state index contributed by atoms with van der Waals surface area (Å²) in [5.74, 6) is -1.63. The molecule has 5 N–H and O–H groups in total. The van der Waals surface area contributed by atoms with E-state index < -0.39 is 34.5 Å². The largest absolute Gasteiger partial charge is 0.480 e. The highest BCUT2D eigenvalue weighted by molar-refractivity contribution is 7.89. The Kier molecular flexibility index (Phi) is 7.90. The van der Waals surface area contributed by atoms with Crippen LogP contribution in [0.15, 0.2) is 77.8 Å². The molecule has 0 fully saturated rings. The maximum atomic E-state index is 12.6. The Bertz CT molecular complexity index is 1510. The third-order valence-electron chi connectivity index (χ3n) is 5.39. The molecule has 1 unspecified atom stereocenters. The Morgan fingerprint density at radius 1 is 0.971 bits per heavy atom. The molecule has 9 nitrogen and oxygen atoms in total. The third-order valence-corrected chi connectivity index (χ3v) is 6.79. The van der Waals surface area contributed by atoms with Crippen LogP contribution in [0.2, 0.25) is 0 Å². The van der Waals surface area contributed by atoms with E-state index in [1.54, 1.807) is 48.7 Å². The summed E-state index contributed by atoms with van der Waals surface area (Å²) < 4.78 is 27.5. The normalized spacial score (nSPS) is 12.1. The van der Waals surface area contributed by atoms with Crippen LogP contribution in [0, 0.1) is 0 Å². The topological polar surface area (TPSA) is 151 Å². The second-order valence-electron chi connectivity index (χ2n) is 7.75. The van der Waals surface area contributed by atoms with Gasteiger partial charge < -0.3 is 16.2 Å². The number of carboxylic acid groups (broad SMARTS) is 1. The number of fused-ring (bicyclic) bond motifs is 2. The van der Waals surface area contributed by atoms with Crippen molar-refractivity contribution in [1.82, 2.24) is 15.0 Å². The maximum Gasteiger partial charge on any atom is 0.326 e. The summed E-state index contributed by atoms with van der Waals surface area (Å²) in [6.07, 6.45) is 1.57. The van der Waals surface area contributed by atoms with Gasteiger partial charge in [-0.05, 0) is 39.9 Å². The van der Waals surface area contributed by atoms with E-state index >= 15 is 0 Å². The highest BCUT2D eigenvalue weighted by Gasteiger charge is 2.22. The fourth-order valence-electron chi connectivity index (χ4n) is 3.64. The average Bonchev–Trinajstić information content (AvgIpc) is 2.82. The van der Waals surface area contributed by atoms with Crippen LogP contribution in [0.25, 0.3) is 21.5 Å². The molecule has 1 aromatic heterocycles. The number of benzene rings is 3. The number of hydrogen-bond acceptors (Lipinski definition) is 6. The lowest BCUT2D eigenvalue weighted by Crippen LogP contribution is -2.46. The van der Waals surface area contributed by atoms with Crippen molar-refractivity contribution >= 4 is 61.7 Å².